The Morgan fingerprint density at radius 2 is 2.00 bits per heavy atom. The molecule has 0 saturated carbocycles. The first-order valence-corrected chi connectivity index (χ1v) is 6.23. The molecular formula is C16H16N2. The topological polar surface area (TPSA) is 24.1 Å². The van der Waals surface area contributed by atoms with Gasteiger partial charge in [0, 0.05) is 19.3 Å². The third-order valence-corrected chi connectivity index (χ3v) is 3.16. The molecule has 1 aromatic rings. The van der Waals surface area contributed by atoms with Crippen LogP contribution in [-0.4, -0.2) is 13.1 Å². The highest BCUT2D eigenvalue weighted by molar-refractivity contribution is 5.78. The number of allylic oxidation sites excluding steroid dienone is 4. The van der Waals surface area contributed by atoms with Crippen molar-refractivity contribution in [3.05, 3.63) is 72.1 Å². The van der Waals surface area contributed by atoms with Crippen molar-refractivity contribution in [2.75, 3.05) is 13.1 Å². The third kappa shape index (κ3) is 2.23. The fourth-order valence-electron chi connectivity index (χ4n) is 2.21. The Labute approximate surface area is 107 Å². The Kier molecular flexibility index (Phi) is 3.01. The van der Waals surface area contributed by atoms with E-state index in [4.69, 9.17) is 0 Å². The van der Waals surface area contributed by atoms with Crippen LogP contribution in [0.2, 0.25) is 0 Å². The Hall–Kier alpha value is -2.22. The van der Waals surface area contributed by atoms with Gasteiger partial charge in [0.05, 0.1) is 0 Å². The van der Waals surface area contributed by atoms with E-state index in [1.807, 2.05) is 12.3 Å². The van der Waals surface area contributed by atoms with E-state index in [1.54, 1.807) is 0 Å². The van der Waals surface area contributed by atoms with Crippen LogP contribution < -0.4 is 10.6 Å². The molecule has 2 aliphatic rings. The standard InChI is InChI=1S/C16H16N2/c1-4-13(15-6-2-8-17-11-15)10-14(5-1)16-7-3-9-18-12-16/h1-8,10,12,17-18H,9,11H2. The van der Waals surface area contributed by atoms with Gasteiger partial charge in [-0.15, -0.1) is 0 Å². The minimum atomic E-state index is 0.896. The number of dihydropyridines is 2. The highest BCUT2D eigenvalue weighted by Gasteiger charge is 2.06. The fourth-order valence-corrected chi connectivity index (χ4v) is 2.21. The van der Waals surface area contributed by atoms with E-state index in [2.05, 4.69) is 59.3 Å². The number of benzene rings is 1. The summed E-state index contributed by atoms with van der Waals surface area (Å²) < 4.78 is 0. The summed E-state index contributed by atoms with van der Waals surface area (Å²) in [5.41, 5.74) is 5.10. The first-order valence-electron chi connectivity index (χ1n) is 6.23. The van der Waals surface area contributed by atoms with Crippen LogP contribution in [0.3, 0.4) is 0 Å². The van der Waals surface area contributed by atoms with Crippen LogP contribution in [0.5, 0.6) is 0 Å². The minimum Gasteiger partial charge on any atom is -0.387 e. The number of hydrogen-bond acceptors (Lipinski definition) is 2. The van der Waals surface area contributed by atoms with Crippen LogP contribution >= 0.6 is 0 Å². The Morgan fingerprint density at radius 1 is 1.06 bits per heavy atom. The van der Waals surface area contributed by atoms with Gasteiger partial charge in [0.15, 0.2) is 0 Å². The smallest absolute Gasteiger partial charge is 0.0401 e. The van der Waals surface area contributed by atoms with Gasteiger partial charge in [0.1, 0.15) is 0 Å². The normalized spacial score (nSPS) is 17.6. The maximum absolute atomic E-state index is 3.25. The minimum absolute atomic E-state index is 0.896. The number of hydrogen-bond donors (Lipinski definition) is 2. The molecule has 1 aromatic carbocycles. The zero-order chi connectivity index (χ0) is 12.2. The summed E-state index contributed by atoms with van der Waals surface area (Å²) in [5, 5.41) is 6.49. The molecule has 0 aliphatic carbocycles. The molecule has 2 nitrogen and oxygen atoms in total. The van der Waals surface area contributed by atoms with E-state index in [0.717, 1.165) is 13.1 Å². The van der Waals surface area contributed by atoms with Crippen LogP contribution in [0.25, 0.3) is 11.1 Å². The molecule has 18 heavy (non-hydrogen) atoms. The van der Waals surface area contributed by atoms with Crippen molar-refractivity contribution in [2.45, 2.75) is 0 Å². The highest BCUT2D eigenvalue weighted by Crippen LogP contribution is 2.22. The van der Waals surface area contributed by atoms with Gasteiger partial charge in [-0.1, -0.05) is 36.4 Å². The van der Waals surface area contributed by atoms with Crippen molar-refractivity contribution in [3.63, 3.8) is 0 Å². The van der Waals surface area contributed by atoms with Crippen LogP contribution in [0.1, 0.15) is 11.1 Å². The Bertz CT molecular complexity index is 562. The second-order valence-corrected chi connectivity index (χ2v) is 4.42. The molecule has 0 radical (unpaired) electrons. The van der Waals surface area contributed by atoms with E-state index in [1.165, 1.54) is 22.3 Å². The lowest BCUT2D eigenvalue weighted by atomic mass is 9.98. The van der Waals surface area contributed by atoms with Crippen LogP contribution in [-0.2, 0) is 0 Å². The lowest BCUT2D eigenvalue weighted by molar-refractivity contribution is 0.976. The first-order chi connectivity index (χ1) is 8.93. The molecule has 90 valence electrons. The molecule has 0 unspecified atom stereocenters. The summed E-state index contributed by atoms with van der Waals surface area (Å²) in [7, 11) is 0. The molecule has 0 fully saturated rings. The molecule has 0 spiro atoms. The fraction of sp³-hybridized carbons (Fsp3) is 0.125. The molecule has 2 heteroatoms. The molecule has 3 rings (SSSR count). The summed E-state index contributed by atoms with van der Waals surface area (Å²) >= 11 is 0. The van der Waals surface area contributed by atoms with Crippen LogP contribution in [0.15, 0.2) is 61.0 Å². The van der Waals surface area contributed by atoms with E-state index >= 15 is 0 Å². The monoisotopic (exact) mass is 236 g/mol. The molecule has 2 heterocycles. The molecule has 0 bridgehead atoms. The van der Waals surface area contributed by atoms with Gasteiger partial charge in [-0.3, -0.25) is 0 Å². The lowest BCUT2D eigenvalue weighted by Gasteiger charge is -2.14. The third-order valence-electron chi connectivity index (χ3n) is 3.16. The van der Waals surface area contributed by atoms with E-state index in [9.17, 15) is 0 Å². The van der Waals surface area contributed by atoms with Gasteiger partial charge in [-0.25, -0.2) is 0 Å². The van der Waals surface area contributed by atoms with E-state index in [0.29, 0.717) is 0 Å². The summed E-state index contributed by atoms with van der Waals surface area (Å²) in [6.07, 6.45) is 12.6. The lowest BCUT2D eigenvalue weighted by Crippen LogP contribution is -2.12. The Morgan fingerprint density at radius 3 is 2.78 bits per heavy atom. The first kappa shape index (κ1) is 10.9. The van der Waals surface area contributed by atoms with Crippen LogP contribution in [0.4, 0.5) is 0 Å². The van der Waals surface area contributed by atoms with Crippen LogP contribution in [0, 0.1) is 0 Å². The largest absolute Gasteiger partial charge is 0.387 e. The molecule has 0 amide bonds. The maximum Gasteiger partial charge on any atom is 0.0401 e. The molecule has 0 saturated heterocycles. The SMILES string of the molecule is C1=CNCC(c2cccc(C3=CNCC=C3)c2)=C1. The number of nitrogens with one attached hydrogen (secondary N) is 2. The maximum atomic E-state index is 3.25. The average Bonchev–Trinajstić information content (AvgIpc) is 2.49. The molecule has 0 aromatic heterocycles. The van der Waals surface area contributed by atoms with Gasteiger partial charge < -0.3 is 10.6 Å². The summed E-state index contributed by atoms with van der Waals surface area (Å²) in [6, 6.07) is 8.68. The van der Waals surface area contributed by atoms with Crippen molar-refractivity contribution in [2.24, 2.45) is 0 Å². The van der Waals surface area contributed by atoms with Gasteiger partial charge >= 0.3 is 0 Å². The quantitative estimate of drug-likeness (QED) is 0.825. The zero-order valence-corrected chi connectivity index (χ0v) is 10.2. The molecule has 0 atom stereocenters. The van der Waals surface area contributed by atoms with Gasteiger partial charge in [0.2, 0.25) is 0 Å². The summed E-state index contributed by atoms with van der Waals surface area (Å²) in [4.78, 5) is 0. The second kappa shape index (κ2) is 4.96. The number of rotatable bonds is 2. The molecule has 2 aliphatic heterocycles. The Balaban J connectivity index is 1.94. The van der Waals surface area contributed by atoms with E-state index in [-0.39, 0.29) is 0 Å². The zero-order valence-electron chi connectivity index (χ0n) is 10.2. The van der Waals surface area contributed by atoms with Crippen molar-refractivity contribution in [1.29, 1.82) is 0 Å². The van der Waals surface area contributed by atoms with Gasteiger partial charge in [0.25, 0.3) is 0 Å². The van der Waals surface area contributed by atoms with Crippen molar-refractivity contribution in [1.82, 2.24) is 10.6 Å². The highest BCUT2D eigenvalue weighted by atomic mass is 14.8. The van der Waals surface area contributed by atoms with Gasteiger partial charge in [-0.2, -0.15) is 0 Å². The molecular weight excluding hydrogens is 220 g/mol. The summed E-state index contributed by atoms with van der Waals surface area (Å²) in [5.74, 6) is 0. The predicted molar refractivity (Wildman–Crippen MR) is 76.7 cm³/mol. The molecule has 2 N–H and O–H groups in total. The van der Waals surface area contributed by atoms with Crippen molar-refractivity contribution in [3.8, 4) is 0 Å². The predicted octanol–water partition coefficient (Wildman–Crippen LogP) is 2.69. The average molecular weight is 236 g/mol. The van der Waals surface area contributed by atoms with Crippen molar-refractivity contribution < 1.29 is 0 Å². The summed E-state index contributed by atoms with van der Waals surface area (Å²) in [6.45, 7) is 1.82. The van der Waals surface area contributed by atoms with Crippen molar-refractivity contribution >= 4 is 11.1 Å². The van der Waals surface area contributed by atoms with Gasteiger partial charge in [-0.05, 0) is 40.6 Å². The second-order valence-electron chi connectivity index (χ2n) is 4.42. The van der Waals surface area contributed by atoms with E-state index < -0.39 is 0 Å².